The Bertz CT molecular complexity index is 1750. The fourth-order valence-electron chi connectivity index (χ4n) is 6.36. The van der Waals surface area contributed by atoms with Gasteiger partial charge in [-0.3, -0.25) is 38.4 Å². The first-order valence-corrected chi connectivity index (χ1v) is 20.4. The lowest BCUT2D eigenvalue weighted by atomic mass is 10.0. The highest BCUT2D eigenvalue weighted by atomic mass is 16.5. The number of fused-ring (bicyclic) bond motifs is 1. The number of hydrogen-bond donors (Lipinski definition) is 5. The fraction of sp³-hybridized carbons (Fsp3) is 0.500. The lowest BCUT2D eigenvalue weighted by Gasteiger charge is -2.32. The van der Waals surface area contributed by atoms with Gasteiger partial charge in [0.25, 0.3) is 0 Å². The molecule has 2 unspecified atom stereocenters. The minimum atomic E-state index is -1.45. The average molecular weight is 834 g/mol. The summed E-state index contributed by atoms with van der Waals surface area (Å²) >= 11 is 0. The SMILES string of the molecule is CC/C=C/C=C/C=C/C=C/C=C/C=C/C=C/C(=O)N(C)[C@@H]1C(=O)NC(C)C(=O)N[C@@H](CC(C)C)C(=O)N2CCC[C@H]2C(=O)NC(C)C(=O)N[C@H](C(N)=O)CCC(=O)O[C@@H]1C. The van der Waals surface area contributed by atoms with E-state index in [-0.39, 0.29) is 25.3 Å². The number of rotatable bonds is 12. The van der Waals surface area contributed by atoms with Crippen molar-refractivity contribution in [3.8, 4) is 0 Å². The second-order valence-corrected chi connectivity index (χ2v) is 15.1. The Hall–Kier alpha value is -6.06. The van der Waals surface area contributed by atoms with Crippen molar-refractivity contribution in [2.45, 2.75) is 122 Å². The van der Waals surface area contributed by atoms with E-state index in [9.17, 15) is 38.4 Å². The minimum Gasteiger partial charge on any atom is -0.460 e. The summed E-state index contributed by atoms with van der Waals surface area (Å²) in [6.07, 6.45) is 25.0. The second-order valence-electron chi connectivity index (χ2n) is 15.1. The molecule has 16 heteroatoms. The van der Waals surface area contributed by atoms with Gasteiger partial charge < -0.3 is 41.5 Å². The van der Waals surface area contributed by atoms with Crippen molar-refractivity contribution in [1.29, 1.82) is 0 Å². The number of nitrogens with one attached hydrogen (secondary N) is 4. The molecule has 7 atom stereocenters. The van der Waals surface area contributed by atoms with Crippen LogP contribution in [0.3, 0.4) is 0 Å². The smallest absolute Gasteiger partial charge is 0.306 e. The molecule has 328 valence electrons. The summed E-state index contributed by atoms with van der Waals surface area (Å²) in [4.78, 5) is 109. The summed E-state index contributed by atoms with van der Waals surface area (Å²) in [5, 5.41) is 10.4. The van der Waals surface area contributed by atoms with Gasteiger partial charge in [0.1, 0.15) is 42.4 Å². The van der Waals surface area contributed by atoms with Crippen LogP contribution < -0.4 is 27.0 Å². The molecule has 0 aromatic carbocycles. The van der Waals surface area contributed by atoms with Crippen molar-refractivity contribution in [2.24, 2.45) is 11.7 Å². The highest BCUT2D eigenvalue weighted by Crippen LogP contribution is 2.21. The van der Waals surface area contributed by atoms with Crippen LogP contribution in [0.2, 0.25) is 0 Å². The van der Waals surface area contributed by atoms with Crippen LogP contribution in [0.5, 0.6) is 0 Å². The number of cyclic esters (lactones) is 1. The minimum absolute atomic E-state index is 0.0565. The van der Waals surface area contributed by atoms with E-state index < -0.39 is 96.1 Å². The highest BCUT2D eigenvalue weighted by molar-refractivity contribution is 5.98. The molecule has 60 heavy (non-hydrogen) atoms. The predicted molar refractivity (Wildman–Crippen MR) is 228 cm³/mol. The van der Waals surface area contributed by atoms with E-state index in [0.717, 1.165) is 11.3 Å². The third-order valence-electron chi connectivity index (χ3n) is 9.59. The van der Waals surface area contributed by atoms with Gasteiger partial charge in [-0.15, -0.1) is 0 Å². The first-order chi connectivity index (χ1) is 28.5. The van der Waals surface area contributed by atoms with E-state index in [0.29, 0.717) is 12.8 Å². The molecule has 7 amide bonds. The molecule has 0 aliphatic carbocycles. The van der Waals surface area contributed by atoms with Crippen molar-refractivity contribution < 1.29 is 43.1 Å². The summed E-state index contributed by atoms with van der Waals surface area (Å²) in [6.45, 7) is 10.2. The molecule has 0 saturated carbocycles. The molecule has 2 saturated heterocycles. The Morgan fingerprint density at radius 1 is 0.767 bits per heavy atom. The molecule has 2 heterocycles. The summed E-state index contributed by atoms with van der Waals surface area (Å²) in [7, 11) is 1.34. The van der Waals surface area contributed by atoms with Gasteiger partial charge in [0.15, 0.2) is 0 Å². The second kappa shape index (κ2) is 26.1. The zero-order valence-corrected chi connectivity index (χ0v) is 35.8. The van der Waals surface area contributed by atoms with E-state index in [4.69, 9.17) is 10.5 Å². The van der Waals surface area contributed by atoms with E-state index >= 15 is 0 Å². The lowest BCUT2D eigenvalue weighted by molar-refractivity contribution is -0.157. The lowest BCUT2D eigenvalue weighted by Crippen LogP contribution is -2.59. The number of amides is 7. The Morgan fingerprint density at radius 3 is 1.85 bits per heavy atom. The van der Waals surface area contributed by atoms with Gasteiger partial charge in [-0.05, 0) is 58.8 Å². The van der Waals surface area contributed by atoms with Crippen LogP contribution in [0.1, 0.15) is 80.1 Å². The van der Waals surface area contributed by atoms with Gasteiger partial charge in [-0.2, -0.15) is 0 Å². The number of likely N-dealkylation sites (N-methyl/N-ethyl adjacent to an activating group) is 1. The Kier molecular flexibility index (Phi) is 21.8. The van der Waals surface area contributed by atoms with Crippen LogP contribution in [0.15, 0.2) is 85.1 Å². The van der Waals surface area contributed by atoms with Crippen molar-refractivity contribution in [3.63, 3.8) is 0 Å². The number of allylic oxidation sites excluding steroid dienone is 13. The van der Waals surface area contributed by atoms with Crippen LogP contribution in [-0.2, 0) is 43.1 Å². The van der Waals surface area contributed by atoms with Gasteiger partial charge in [0, 0.05) is 26.1 Å². The summed E-state index contributed by atoms with van der Waals surface area (Å²) in [5.41, 5.74) is 5.53. The molecule has 2 fully saturated rings. The van der Waals surface area contributed by atoms with E-state index in [1.165, 1.54) is 44.9 Å². The number of carbonyl (C=O) groups excluding carboxylic acids is 8. The highest BCUT2D eigenvalue weighted by Gasteiger charge is 2.40. The maximum Gasteiger partial charge on any atom is 0.306 e. The molecule has 0 aromatic rings. The molecule has 6 N–H and O–H groups in total. The number of primary amides is 1. The fourth-order valence-corrected chi connectivity index (χ4v) is 6.36. The van der Waals surface area contributed by atoms with Gasteiger partial charge in [0.05, 0.1) is 0 Å². The quantitative estimate of drug-likeness (QED) is 0.110. The van der Waals surface area contributed by atoms with E-state index in [1.54, 1.807) is 24.3 Å². The number of carbonyl (C=O) groups is 8. The zero-order chi connectivity index (χ0) is 44.8. The normalized spacial score (nSPS) is 26.3. The van der Waals surface area contributed by atoms with Crippen LogP contribution >= 0.6 is 0 Å². The van der Waals surface area contributed by atoms with E-state index in [2.05, 4.69) is 34.3 Å². The molecular formula is C44H63N7O9. The van der Waals surface area contributed by atoms with Crippen LogP contribution in [-0.4, -0.2) is 113 Å². The third-order valence-corrected chi connectivity index (χ3v) is 9.59. The standard InChI is InChI=1S/C44H63N7O9/c1-8-9-10-11-12-13-14-15-16-17-18-19-20-21-24-36(52)50(7)38-32(6)60-37(53)26-25-33(39(45)54)48-40(55)30(4)46-42(57)35-23-22-27-51(35)44(59)34(28-29(2)3)49-41(56)31(5)47-43(38)58/h9-21,24,29-35,38H,8,22-23,25-28H2,1-7H3,(H2,45,54)(H,46,57)(H,47,58)(H,48,55)(H,49,56)/b10-9+,12-11+,14-13+,16-15+,18-17+,20-19+,24-21+/t30?,31?,32-,33+,34+,35+,38+/m1/s1. The maximum absolute atomic E-state index is 13.9. The van der Waals surface area contributed by atoms with Crippen LogP contribution in [0.4, 0.5) is 0 Å². The summed E-state index contributed by atoms with van der Waals surface area (Å²) < 4.78 is 5.57. The average Bonchev–Trinajstić information content (AvgIpc) is 3.68. The Labute approximate surface area is 353 Å². The Balaban J connectivity index is 2.37. The van der Waals surface area contributed by atoms with Crippen molar-refractivity contribution in [1.82, 2.24) is 31.1 Å². The van der Waals surface area contributed by atoms with Gasteiger partial charge in [0.2, 0.25) is 41.4 Å². The molecule has 2 aliphatic heterocycles. The molecule has 2 rings (SSSR count). The van der Waals surface area contributed by atoms with Crippen LogP contribution in [0.25, 0.3) is 0 Å². The number of hydrogen-bond acceptors (Lipinski definition) is 9. The number of nitrogens with zero attached hydrogens (tertiary/aromatic N) is 2. The van der Waals surface area contributed by atoms with Crippen molar-refractivity contribution in [2.75, 3.05) is 13.6 Å². The van der Waals surface area contributed by atoms with Crippen molar-refractivity contribution >= 4 is 47.3 Å². The molecule has 0 bridgehead atoms. The zero-order valence-electron chi connectivity index (χ0n) is 35.8. The van der Waals surface area contributed by atoms with Gasteiger partial charge >= 0.3 is 5.97 Å². The molecule has 16 nitrogen and oxygen atoms in total. The molecule has 0 radical (unpaired) electrons. The number of ether oxygens (including phenoxy) is 1. The predicted octanol–water partition coefficient (Wildman–Crippen LogP) is 2.34. The molecular weight excluding hydrogens is 771 g/mol. The molecule has 0 spiro atoms. The van der Waals surface area contributed by atoms with Gasteiger partial charge in [-0.1, -0.05) is 99.8 Å². The first kappa shape index (κ1) is 50.1. The maximum atomic E-state index is 13.9. The molecule has 2 aliphatic rings. The number of nitrogens with two attached hydrogens (primary N) is 1. The van der Waals surface area contributed by atoms with Crippen molar-refractivity contribution in [3.05, 3.63) is 85.1 Å². The number of esters is 1. The van der Waals surface area contributed by atoms with E-state index in [1.807, 2.05) is 56.4 Å². The molecule has 0 aromatic heterocycles. The largest absolute Gasteiger partial charge is 0.460 e. The van der Waals surface area contributed by atoms with Gasteiger partial charge in [-0.25, -0.2) is 0 Å². The first-order valence-electron chi connectivity index (χ1n) is 20.4. The topological polar surface area (TPSA) is 226 Å². The Morgan fingerprint density at radius 2 is 1.30 bits per heavy atom. The summed E-state index contributed by atoms with van der Waals surface area (Å²) in [6, 6.07) is -7.12. The third kappa shape index (κ3) is 17.0. The van der Waals surface area contributed by atoms with Crippen LogP contribution in [0, 0.1) is 5.92 Å². The summed E-state index contributed by atoms with van der Waals surface area (Å²) in [5.74, 6) is -5.88. The monoisotopic (exact) mass is 833 g/mol.